The van der Waals surface area contributed by atoms with Crippen LogP contribution < -0.4 is 11.1 Å². The van der Waals surface area contributed by atoms with E-state index in [9.17, 15) is 4.79 Å². The summed E-state index contributed by atoms with van der Waals surface area (Å²) in [5.74, 6) is 1.01. The predicted octanol–water partition coefficient (Wildman–Crippen LogP) is 0.886. The highest BCUT2D eigenvalue weighted by atomic mass is 16.2. The van der Waals surface area contributed by atoms with E-state index in [1.165, 1.54) is 0 Å². The van der Waals surface area contributed by atoms with Crippen molar-refractivity contribution in [2.24, 2.45) is 17.6 Å². The molecule has 1 saturated carbocycles. The molecule has 1 amide bonds. The lowest BCUT2D eigenvalue weighted by atomic mass is 10.0. The zero-order valence-electron chi connectivity index (χ0n) is 8.55. The smallest absolute Gasteiger partial charge is 0.223 e. The highest BCUT2D eigenvalue weighted by Gasteiger charge is 2.31. The van der Waals surface area contributed by atoms with Crippen LogP contribution in [-0.2, 0) is 4.79 Å². The van der Waals surface area contributed by atoms with Crippen LogP contribution in [-0.4, -0.2) is 18.5 Å². The van der Waals surface area contributed by atoms with Gasteiger partial charge in [-0.05, 0) is 31.7 Å². The monoisotopic (exact) mass is 184 g/mol. The Labute approximate surface area is 80.1 Å². The maximum absolute atomic E-state index is 11.4. The second-order valence-electron chi connectivity index (χ2n) is 4.21. The number of rotatable bonds is 5. The number of hydrogen-bond donors (Lipinski definition) is 2. The maximum atomic E-state index is 11.4. The molecule has 1 atom stereocenters. The second kappa shape index (κ2) is 4.61. The molecular weight excluding hydrogens is 164 g/mol. The largest absolute Gasteiger partial charge is 0.353 e. The fourth-order valence-corrected chi connectivity index (χ4v) is 1.40. The SMILES string of the molecule is CC(C)C(CCN)NC(=O)C1CC1. The molecule has 1 aliphatic carbocycles. The van der Waals surface area contributed by atoms with Crippen LogP contribution in [0.4, 0.5) is 0 Å². The molecule has 13 heavy (non-hydrogen) atoms. The van der Waals surface area contributed by atoms with Gasteiger partial charge in [0.05, 0.1) is 0 Å². The van der Waals surface area contributed by atoms with Gasteiger partial charge >= 0.3 is 0 Å². The Morgan fingerprint density at radius 1 is 1.54 bits per heavy atom. The first-order valence-corrected chi connectivity index (χ1v) is 5.15. The van der Waals surface area contributed by atoms with Crippen LogP contribution in [0.3, 0.4) is 0 Å². The number of nitrogens with two attached hydrogens (primary N) is 1. The van der Waals surface area contributed by atoms with Gasteiger partial charge in [0, 0.05) is 12.0 Å². The predicted molar refractivity (Wildman–Crippen MR) is 53.2 cm³/mol. The quantitative estimate of drug-likeness (QED) is 0.666. The van der Waals surface area contributed by atoms with Crippen molar-refractivity contribution in [3.05, 3.63) is 0 Å². The lowest BCUT2D eigenvalue weighted by Crippen LogP contribution is -2.40. The molecule has 0 saturated heterocycles. The number of nitrogens with one attached hydrogen (secondary N) is 1. The molecule has 1 aliphatic rings. The Morgan fingerprint density at radius 2 is 2.15 bits per heavy atom. The van der Waals surface area contributed by atoms with E-state index in [-0.39, 0.29) is 11.9 Å². The molecule has 1 unspecified atom stereocenters. The van der Waals surface area contributed by atoms with Gasteiger partial charge < -0.3 is 11.1 Å². The molecule has 3 nitrogen and oxygen atoms in total. The van der Waals surface area contributed by atoms with Crippen LogP contribution in [0.5, 0.6) is 0 Å². The zero-order chi connectivity index (χ0) is 9.84. The molecule has 0 aromatic rings. The highest BCUT2D eigenvalue weighted by Crippen LogP contribution is 2.29. The number of hydrogen-bond acceptors (Lipinski definition) is 2. The van der Waals surface area contributed by atoms with E-state index in [4.69, 9.17) is 5.73 Å². The first-order valence-electron chi connectivity index (χ1n) is 5.15. The van der Waals surface area contributed by atoms with Crippen LogP contribution >= 0.6 is 0 Å². The van der Waals surface area contributed by atoms with E-state index in [2.05, 4.69) is 19.2 Å². The summed E-state index contributed by atoms with van der Waals surface area (Å²) < 4.78 is 0. The minimum Gasteiger partial charge on any atom is -0.353 e. The molecule has 3 N–H and O–H groups in total. The first kappa shape index (κ1) is 10.5. The maximum Gasteiger partial charge on any atom is 0.223 e. The topological polar surface area (TPSA) is 55.1 Å². The van der Waals surface area contributed by atoms with E-state index in [0.29, 0.717) is 18.4 Å². The van der Waals surface area contributed by atoms with Crippen molar-refractivity contribution in [3.63, 3.8) is 0 Å². The normalized spacial score (nSPS) is 18.8. The van der Waals surface area contributed by atoms with Crippen molar-refractivity contribution in [3.8, 4) is 0 Å². The Balaban J connectivity index is 2.31. The molecule has 0 aliphatic heterocycles. The van der Waals surface area contributed by atoms with Crippen molar-refractivity contribution in [2.45, 2.75) is 39.2 Å². The summed E-state index contributed by atoms with van der Waals surface area (Å²) in [5.41, 5.74) is 5.48. The summed E-state index contributed by atoms with van der Waals surface area (Å²) in [6, 6.07) is 0.262. The second-order valence-corrected chi connectivity index (χ2v) is 4.21. The van der Waals surface area contributed by atoms with Crippen LogP contribution in [0.2, 0.25) is 0 Å². The van der Waals surface area contributed by atoms with Gasteiger partial charge in [0.2, 0.25) is 5.91 Å². The van der Waals surface area contributed by atoms with Crippen LogP contribution in [0, 0.1) is 11.8 Å². The van der Waals surface area contributed by atoms with E-state index >= 15 is 0 Å². The zero-order valence-corrected chi connectivity index (χ0v) is 8.55. The van der Waals surface area contributed by atoms with E-state index in [1.807, 2.05) is 0 Å². The van der Waals surface area contributed by atoms with Gasteiger partial charge in [-0.1, -0.05) is 13.8 Å². The van der Waals surface area contributed by atoms with Crippen LogP contribution in [0.15, 0.2) is 0 Å². The Bertz CT molecular complexity index is 176. The molecule has 0 heterocycles. The molecule has 0 aromatic heterocycles. The van der Waals surface area contributed by atoms with E-state index < -0.39 is 0 Å². The number of carbonyl (C=O) groups is 1. The summed E-state index contributed by atoms with van der Waals surface area (Å²) in [7, 11) is 0. The lowest BCUT2D eigenvalue weighted by molar-refractivity contribution is -0.123. The number of amides is 1. The third-order valence-corrected chi connectivity index (χ3v) is 2.56. The fraction of sp³-hybridized carbons (Fsp3) is 0.900. The summed E-state index contributed by atoms with van der Waals surface area (Å²) in [4.78, 5) is 11.4. The fourth-order valence-electron chi connectivity index (χ4n) is 1.40. The standard InChI is InChI=1S/C10H20N2O/c1-7(2)9(5-6-11)12-10(13)8-3-4-8/h7-9H,3-6,11H2,1-2H3,(H,12,13). The van der Waals surface area contributed by atoms with Crippen molar-refractivity contribution in [1.82, 2.24) is 5.32 Å². The average molecular weight is 184 g/mol. The highest BCUT2D eigenvalue weighted by molar-refractivity contribution is 5.81. The van der Waals surface area contributed by atoms with Crippen LogP contribution in [0.25, 0.3) is 0 Å². The third-order valence-electron chi connectivity index (χ3n) is 2.56. The van der Waals surface area contributed by atoms with Gasteiger partial charge in [-0.3, -0.25) is 4.79 Å². The Morgan fingerprint density at radius 3 is 2.54 bits per heavy atom. The average Bonchev–Trinajstić information content (AvgIpc) is 2.85. The minimum absolute atomic E-state index is 0.229. The molecule has 76 valence electrons. The molecule has 1 rings (SSSR count). The van der Waals surface area contributed by atoms with Crippen molar-refractivity contribution in [2.75, 3.05) is 6.54 Å². The molecular formula is C10H20N2O. The molecule has 0 aromatic carbocycles. The van der Waals surface area contributed by atoms with Crippen molar-refractivity contribution in [1.29, 1.82) is 0 Å². The van der Waals surface area contributed by atoms with Gasteiger partial charge in [-0.15, -0.1) is 0 Å². The summed E-state index contributed by atoms with van der Waals surface area (Å²) in [6.45, 7) is 4.88. The Kier molecular flexibility index (Phi) is 3.72. The molecule has 1 fully saturated rings. The van der Waals surface area contributed by atoms with E-state index in [0.717, 1.165) is 19.3 Å². The molecule has 0 bridgehead atoms. The van der Waals surface area contributed by atoms with Gasteiger partial charge in [0.1, 0.15) is 0 Å². The summed E-state index contributed by atoms with van der Waals surface area (Å²) in [6.07, 6.45) is 3.02. The van der Waals surface area contributed by atoms with E-state index in [1.54, 1.807) is 0 Å². The van der Waals surface area contributed by atoms with Crippen LogP contribution in [0.1, 0.15) is 33.1 Å². The summed E-state index contributed by atoms with van der Waals surface area (Å²) >= 11 is 0. The van der Waals surface area contributed by atoms with Gasteiger partial charge in [-0.25, -0.2) is 0 Å². The van der Waals surface area contributed by atoms with Crippen molar-refractivity contribution >= 4 is 5.91 Å². The molecule has 3 heteroatoms. The van der Waals surface area contributed by atoms with Gasteiger partial charge in [0.15, 0.2) is 0 Å². The minimum atomic E-state index is 0.229. The van der Waals surface area contributed by atoms with Gasteiger partial charge in [-0.2, -0.15) is 0 Å². The van der Waals surface area contributed by atoms with Crippen molar-refractivity contribution < 1.29 is 4.79 Å². The third kappa shape index (κ3) is 3.35. The van der Waals surface area contributed by atoms with Gasteiger partial charge in [0.25, 0.3) is 0 Å². The summed E-state index contributed by atoms with van der Waals surface area (Å²) in [5, 5.41) is 3.06. The Hall–Kier alpha value is -0.570. The first-order chi connectivity index (χ1) is 6.15. The lowest BCUT2D eigenvalue weighted by Gasteiger charge is -2.21. The molecule has 0 spiro atoms. The number of carbonyl (C=O) groups excluding carboxylic acids is 1. The molecule has 0 radical (unpaired) electrons.